The van der Waals surface area contributed by atoms with Crippen molar-refractivity contribution in [3.63, 3.8) is 0 Å². The smallest absolute Gasteiger partial charge is 0.150 e. The molecule has 1 aliphatic rings. The average Bonchev–Trinajstić information content (AvgIpc) is 2.73. The topological polar surface area (TPSA) is 81.9 Å². The Balaban J connectivity index is 1.86. The van der Waals surface area contributed by atoms with Crippen LogP contribution in [-0.4, -0.2) is 40.7 Å². The van der Waals surface area contributed by atoms with Gasteiger partial charge in [0.05, 0.1) is 23.6 Å². The molecule has 7 heteroatoms. The van der Waals surface area contributed by atoms with Gasteiger partial charge in [-0.3, -0.25) is 9.48 Å². The van der Waals surface area contributed by atoms with Crippen LogP contribution in [0.15, 0.2) is 6.20 Å². The lowest BCUT2D eigenvalue weighted by Gasteiger charge is -2.04. The first-order chi connectivity index (χ1) is 7.94. The molecule has 17 heavy (non-hydrogen) atoms. The number of sulfone groups is 1. The Morgan fingerprint density at radius 2 is 2.35 bits per heavy atom. The van der Waals surface area contributed by atoms with Gasteiger partial charge >= 0.3 is 0 Å². The van der Waals surface area contributed by atoms with E-state index in [0.717, 1.165) is 0 Å². The molecule has 0 aromatic carbocycles. The Labute approximate surface area is 99.9 Å². The molecule has 1 atom stereocenters. The number of hydrogen-bond donors (Lipinski definition) is 0. The lowest BCUT2D eigenvalue weighted by Crippen LogP contribution is -2.12. The highest BCUT2D eigenvalue weighted by Gasteiger charge is 2.29. The number of carbonyl (C=O) groups excluding carboxylic acids is 1. The third-order valence-electron chi connectivity index (χ3n) is 2.87. The second-order valence-corrected chi connectivity index (χ2v) is 6.80. The monoisotopic (exact) mass is 257 g/mol. The highest BCUT2D eigenvalue weighted by atomic mass is 32.2. The minimum absolute atomic E-state index is 0.0100. The molecule has 2 heterocycles. The van der Waals surface area contributed by atoms with Gasteiger partial charge in [-0.25, -0.2) is 8.42 Å². The first-order valence-electron chi connectivity index (χ1n) is 5.52. The molecule has 1 aliphatic heterocycles. The van der Waals surface area contributed by atoms with Crippen LogP contribution in [0.1, 0.15) is 18.5 Å². The van der Waals surface area contributed by atoms with E-state index in [4.69, 9.17) is 0 Å². The Morgan fingerprint density at radius 3 is 2.88 bits per heavy atom. The first-order valence-corrected chi connectivity index (χ1v) is 7.34. The van der Waals surface area contributed by atoms with Gasteiger partial charge in [-0.15, -0.1) is 5.10 Å². The van der Waals surface area contributed by atoms with Crippen LogP contribution in [0, 0.1) is 5.92 Å². The Morgan fingerprint density at radius 1 is 1.59 bits per heavy atom. The summed E-state index contributed by atoms with van der Waals surface area (Å²) in [4.78, 5) is 11.7. The Kier molecular flexibility index (Phi) is 3.28. The quantitative estimate of drug-likeness (QED) is 0.743. The van der Waals surface area contributed by atoms with Gasteiger partial charge in [0.25, 0.3) is 0 Å². The summed E-state index contributed by atoms with van der Waals surface area (Å²) in [5.41, 5.74) is 0.637. The molecule has 2 rings (SSSR count). The summed E-state index contributed by atoms with van der Waals surface area (Å²) in [5.74, 6) is 0.395. The van der Waals surface area contributed by atoms with Gasteiger partial charge in [0.2, 0.25) is 0 Å². The number of aryl methyl sites for hydroxylation is 1. The van der Waals surface area contributed by atoms with Crippen LogP contribution in [0.3, 0.4) is 0 Å². The fraction of sp³-hybridized carbons (Fsp3) is 0.700. The largest absolute Gasteiger partial charge is 0.299 e. The molecule has 1 fully saturated rings. The Hall–Kier alpha value is -1.24. The molecule has 1 saturated heterocycles. The summed E-state index contributed by atoms with van der Waals surface area (Å²) >= 11 is 0. The second kappa shape index (κ2) is 4.56. The van der Waals surface area contributed by atoms with Gasteiger partial charge in [0.1, 0.15) is 5.78 Å². The van der Waals surface area contributed by atoms with E-state index in [0.29, 0.717) is 18.5 Å². The predicted octanol–water partition coefficient (Wildman–Crippen LogP) is -0.249. The van der Waals surface area contributed by atoms with Crippen molar-refractivity contribution in [3.05, 3.63) is 11.9 Å². The van der Waals surface area contributed by atoms with Crippen molar-refractivity contribution < 1.29 is 13.2 Å². The molecule has 0 aliphatic carbocycles. The molecule has 1 aromatic heterocycles. The second-order valence-electron chi connectivity index (χ2n) is 4.57. The zero-order valence-corrected chi connectivity index (χ0v) is 10.5. The minimum Gasteiger partial charge on any atom is -0.299 e. The predicted molar refractivity (Wildman–Crippen MR) is 61.1 cm³/mol. The third kappa shape index (κ3) is 3.36. The zero-order chi connectivity index (χ0) is 12.5. The summed E-state index contributed by atoms with van der Waals surface area (Å²) in [6.45, 7) is 0. The van der Waals surface area contributed by atoms with Gasteiger partial charge in [0, 0.05) is 19.7 Å². The summed E-state index contributed by atoms with van der Waals surface area (Å²) < 4.78 is 24.0. The van der Waals surface area contributed by atoms with Crippen molar-refractivity contribution >= 4 is 15.6 Å². The molecule has 0 bridgehead atoms. The van der Waals surface area contributed by atoms with Crippen molar-refractivity contribution in [2.45, 2.75) is 19.3 Å². The molecular formula is C10H15N3O3S. The molecule has 0 spiro atoms. The van der Waals surface area contributed by atoms with Gasteiger partial charge in [-0.1, -0.05) is 5.21 Å². The van der Waals surface area contributed by atoms with E-state index in [-0.39, 0.29) is 29.6 Å². The maximum absolute atomic E-state index is 11.7. The SMILES string of the molecule is Cn1cc(CC(=O)CC2CCS(=O)(=O)C2)nn1. The molecule has 6 nitrogen and oxygen atoms in total. The van der Waals surface area contributed by atoms with Crippen molar-refractivity contribution in [1.29, 1.82) is 0 Å². The number of nitrogens with zero attached hydrogens (tertiary/aromatic N) is 3. The molecule has 94 valence electrons. The number of hydrogen-bond acceptors (Lipinski definition) is 5. The minimum atomic E-state index is -2.89. The molecule has 0 N–H and O–H groups in total. The summed E-state index contributed by atoms with van der Waals surface area (Å²) in [6.07, 6.45) is 2.87. The van der Waals surface area contributed by atoms with Crippen LogP contribution >= 0.6 is 0 Å². The highest BCUT2D eigenvalue weighted by Crippen LogP contribution is 2.22. The average molecular weight is 257 g/mol. The van der Waals surface area contributed by atoms with E-state index in [9.17, 15) is 13.2 Å². The van der Waals surface area contributed by atoms with Crippen LogP contribution in [0.5, 0.6) is 0 Å². The van der Waals surface area contributed by atoms with Crippen LogP contribution in [0.2, 0.25) is 0 Å². The third-order valence-corrected chi connectivity index (χ3v) is 4.71. The summed E-state index contributed by atoms with van der Waals surface area (Å²) in [5, 5.41) is 7.58. The van der Waals surface area contributed by atoms with E-state index in [1.807, 2.05) is 0 Å². The van der Waals surface area contributed by atoms with Crippen LogP contribution in [0.25, 0.3) is 0 Å². The van der Waals surface area contributed by atoms with Crippen molar-refractivity contribution in [1.82, 2.24) is 15.0 Å². The van der Waals surface area contributed by atoms with E-state index in [1.54, 1.807) is 17.9 Å². The van der Waals surface area contributed by atoms with Gasteiger partial charge in [0.15, 0.2) is 9.84 Å². The zero-order valence-electron chi connectivity index (χ0n) is 9.66. The van der Waals surface area contributed by atoms with Crippen molar-refractivity contribution in [3.8, 4) is 0 Å². The first kappa shape index (κ1) is 12.2. The maximum Gasteiger partial charge on any atom is 0.150 e. The fourth-order valence-corrected chi connectivity index (χ4v) is 3.97. The number of carbonyl (C=O) groups is 1. The van der Waals surface area contributed by atoms with Crippen molar-refractivity contribution in [2.75, 3.05) is 11.5 Å². The molecule has 0 radical (unpaired) electrons. The Bertz CT molecular complexity index is 521. The van der Waals surface area contributed by atoms with E-state index in [1.165, 1.54) is 0 Å². The highest BCUT2D eigenvalue weighted by molar-refractivity contribution is 7.91. The molecule has 0 amide bonds. The number of ketones is 1. The molecule has 0 saturated carbocycles. The standard InChI is InChI=1S/C10H15N3O3S/c1-13-6-9(11-12-13)5-10(14)4-8-2-3-17(15,16)7-8/h6,8H,2-5,7H2,1H3. The van der Waals surface area contributed by atoms with Gasteiger partial charge < -0.3 is 0 Å². The van der Waals surface area contributed by atoms with Crippen molar-refractivity contribution in [2.24, 2.45) is 13.0 Å². The summed E-state index contributed by atoms with van der Waals surface area (Å²) in [6, 6.07) is 0. The van der Waals surface area contributed by atoms with Crippen LogP contribution in [0.4, 0.5) is 0 Å². The fourth-order valence-electron chi connectivity index (χ4n) is 2.11. The number of aromatic nitrogens is 3. The molecule has 1 unspecified atom stereocenters. The van der Waals surface area contributed by atoms with Gasteiger partial charge in [-0.2, -0.15) is 0 Å². The number of rotatable bonds is 4. The lowest BCUT2D eigenvalue weighted by molar-refractivity contribution is -0.119. The number of Topliss-reactive ketones (excluding diaryl/α,β-unsaturated/α-hetero) is 1. The maximum atomic E-state index is 11.7. The van der Waals surface area contributed by atoms with E-state index >= 15 is 0 Å². The molecule has 1 aromatic rings. The van der Waals surface area contributed by atoms with Crippen LogP contribution in [-0.2, 0) is 28.1 Å². The lowest BCUT2D eigenvalue weighted by atomic mass is 10.00. The van der Waals surface area contributed by atoms with Crippen LogP contribution < -0.4 is 0 Å². The summed E-state index contributed by atoms with van der Waals surface area (Å²) in [7, 11) is -1.15. The van der Waals surface area contributed by atoms with E-state index in [2.05, 4.69) is 10.3 Å². The normalized spacial score (nSPS) is 22.8. The van der Waals surface area contributed by atoms with E-state index < -0.39 is 9.84 Å². The van der Waals surface area contributed by atoms with Gasteiger partial charge in [-0.05, 0) is 12.3 Å². The molecular weight excluding hydrogens is 242 g/mol.